The molecule has 0 unspecified atom stereocenters. The van der Waals surface area contributed by atoms with Gasteiger partial charge in [0.2, 0.25) is 0 Å². The van der Waals surface area contributed by atoms with E-state index in [1.54, 1.807) is 0 Å². The fourth-order valence-corrected chi connectivity index (χ4v) is 2.32. The summed E-state index contributed by atoms with van der Waals surface area (Å²) in [5, 5.41) is 4.61. The highest BCUT2D eigenvalue weighted by molar-refractivity contribution is 5.85. The highest BCUT2D eigenvalue weighted by Crippen LogP contribution is 2.20. The number of nitrogens with zero attached hydrogens (tertiary/aromatic N) is 1. The molecule has 0 radical (unpaired) electrons. The summed E-state index contributed by atoms with van der Waals surface area (Å²) in [7, 11) is 0. The molecule has 0 fully saturated rings. The van der Waals surface area contributed by atoms with E-state index >= 15 is 0 Å². The van der Waals surface area contributed by atoms with Crippen LogP contribution in [0.2, 0.25) is 0 Å². The monoisotopic (exact) mass is 274 g/mol. The molecule has 2 aromatic rings. The Bertz CT molecular complexity index is 575. The lowest BCUT2D eigenvalue weighted by molar-refractivity contribution is -0.143. The van der Waals surface area contributed by atoms with E-state index < -0.39 is 0 Å². The minimum Gasteiger partial charge on any atom is -0.465 e. The van der Waals surface area contributed by atoms with Crippen molar-refractivity contribution in [2.45, 2.75) is 33.4 Å². The summed E-state index contributed by atoms with van der Waals surface area (Å²) in [5.41, 5.74) is 2.34. The molecule has 0 aliphatic rings. The van der Waals surface area contributed by atoms with Crippen molar-refractivity contribution in [2.75, 3.05) is 13.2 Å². The Hall–Kier alpha value is -1.81. The van der Waals surface area contributed by atoms with Crippen LogP contribution in [0.25, 0.3) is 10.9 Å². The van der Waals surface area contributed by atoms with Crippen LogP contribution < -0.4 is 5.32 Å². The van der Waals surface area contributed by atoms with Crippen LogP contribution in [0.4, 0.5) is 0 Å². The molecule has 20 heavy (non-hydrogen) atoms. The summed E-state index contributed by atoms with van der Waals surface area (Å²) in [5.74, 6) is -0.195. The lowest BCUT2D eigenvalue weighted by atomic mass is 10.1. The first-order chi connectivity index (χ1) is 9.76. The van der Waals surface area contributed by atoms with Crippen molar-refractivity contribution in [3.63, 3.8) is 0 Å². The smallest absolute Gasteiger partial charge is 0.325 e. The number of aromatic nitrogens is 1. The molecule has 1 N–H and O–H groups in total. The highest BCUT2D eigenvalue weighted by atomic mass is 16.5. The molecule has 0 bridgehead atoms. The Morgan fingerprint density at radius 1 is 1.30 bits per heavy atom. The predicted molar refractivity (Wildman–Crippen MR) is 80.6 cm³/mol. The van der Waals surface area contributed by atoms with Crippen LogP contribution in [0.1, 0.15) is 25.8 Å². The third kappa shape index (κ3) is 3.39. The van der Waals surface area contributed by atoms with Crippen molar-refractivity contribution in [3.8, 4) is 0 Å². The Kier molecular flexibility index (Phi) is 5.18. The Morgan fingerprint density at radius 3 is 2.90 bits per heavy atom. The number of carbonyl (C=O) groups is 1. The molecular formula is C16H22N2O2. The first kappa shape index (κ1) is 14.6. The molecule has 0 aliphatic heterocycles. The van der Waals surface area contributed by atoms with Crippen molar-refractivity contribution in [3.05, 3.63) is 36.0 Å². The third-order valence-electron chi connectivity index (χ3n) is 3.25. The van der Waals surface area contributed by atoms with Crippen LogP contribution in [0, 0.1) is 0 Å². The third-order valence-corrected chi connectivity index (χ3v) is 3.25. The summed E-state index contributed by atoms with van der Waals surface area (Å²) in [4.78, 5) is 11.6. The zero-order valence-corrected chi connectivity index (χ0v) is 12.2. The van der Waals surface area contributed by atoms with E-state index in [0.717, 1.165) is 25.0 Å². The Balaban J connectivity index is 2.18. The normalized spacial score (nSPS) is 10.9. The Morgan fingerprint density at radius 2 is 2.15 bits per heavy atom. The van der Waals surface area contributed by atoms with Crippen LogP contribution in [0.15, 0.2) is 30.5 Å². The van der Waals surface area contributed by atoms with Gasteiger partial charge in [-0.1, -0.05) is 19.1 Å². The maximum atomic E-state index is 11.6. The van der Waals surface area contributed by atoms with Crippen LogP contribution in [-0.4, -0.2) is 23.7 Å². The molecular weight excluding hydrogens is 252 g/mol. The van der Waals surface area contributed by atoms with Crippen LogP contribution in [0.5, 0.6) is 0 Å². The zero-order valence-electron chi connectivity index (χ0n) is 12.2. The second-order valence-corrected chi connectivity index (χ2v) is 4.78. The maximum Gasteiger partial charge on any atom is 0.325 e. The SMILES string of the molecule is CCCNCc1cccc2c1ccn2CC(=O)OCC. The standard InChI is InChI=1S/C16H22N2O2/c1-3-9-17-11-13-6-5-7-15-14(13)8-10-18(15)12-16(19)20-4-2/h5-8,10,17H,3-4,9,11-12H2,1-2H3. The summed E-state index contributed by atoms with van der Waals surface area (Å²) in [6.45, 7) is 6.54. The minimum atomic E-state index is -0.195. The molecule has 4 heteroatoms. The number of nitrogens with one attached hydrogen (secondary N) is 1. The van der Waals surface area contributed by atoms with E-state index in [1.165, 1.54) is 10.9 Å². The van der Waals surface area contributed by atoms with E-state index in [4.69, 9.17) is 4.74 Å². The van der Waals surface area contributed by atoms with Gasteiger partial charge in [0.25, 0.3) is 0 Å². The lowest BCUT2D eigenvalue weighted by Crippen LogP contribution is -2.14. The van der Waals surface area contributed by atoms with Gasteiger partial charge in [0.1, 0.15) is 6.54 Å². The highest BCUT2D eigenvalue weighted by Gasteiger charge is 2.08. The van der Waals surface area contributed by atoms with Gasteiger partial charge in [-0.05, 0) is 37.6 Å². The topological polar surface area (TPSA) is 43.3 Å². The summed E-state index contributed by atoms with van der Waals surface area (Å²) < 4.78 is 6.94. The molecule has 108 valence electrons. The van der Waals surface area contributed by atoms with E-state index in [9.17, 15) is 4.79 Å². The van der Waals surface area contributed by atoms with Gasteiger partial charge in [-0.2, -0.15) is 0 Å². The molecule has 0 saturated carbocycles. The second-order valence-electron chi connectivity index (χ2n) is 4.78. The number of carbonyl (C=O) groups excluding carboxylic acids is 1. The number of benzene rings is 1. The van der Waals surface area contributed by atoms with Crippen LogP contribution in [-0.2, 0) is 22.6 Å². The first-order valence-electron chi connectivity index (χ1n) is 7.19. The van der Waals surface area contributed by atoms with E-state index in [2.05, 4.69) is 24.4 Å². The number of rotatable bonds is 7. The summed E-state index contributed by atoms with van der Waals surface area (Å²) in [6, 6.07) is 8.27. The minimum absolute atomic E-state index is 0.195. The second kappa shape index (κ2) is 7.10. The number of ether oxygens (including phenoxy) is 1. The first-order valence-corrected chi connectivity index (χ1v) is 7.19. The van der Waals surface area contributed by atoms with E-state index in [-0.39, 0.29) is 12.5 Å². The van der Waals surface area contributed by atoms with Gasteiger partial charge in [-0.15, -0.1) is 0 Å². The Labute approximate surface area is 119 Å². The molecule has 0 amide bonds. The molecule has 1 aromatic carbocycles. The summed E-state index contributed by atoms with van der Waals surface area (Å²) in [6.07, 6.45) is 3.07. The summed E-state index contributed by atoms with van der Waals surface area (Å²) >= 11 is 0. The zero-order chi connectivity index (χ0) is 14.4. The van der Waals surface area contributed by atoms with Gasteiger partial charge in [0, 0.05) is 23.6 Å². The van der Waals surface area contributed by atoms with Gasteiger partial charge in [-0.3, -0.25) is 4.79 Å². The molecule has 0 spiro atoms. The quantitative estimate of drug-likeness (QED) is 0.623. The molecule has 1 aromatic heterocycles. The van der Waals surface area contributed by atoms with Crippen LogP contribution >= 0.6 is 0 Å². The average Bonchev–Trinajstić information content (AvgIpc) is 2.83. The van der Waals surface area contributed by atoms with Gasteiger partial charge < -0.3 is 14.6 Å². The lowest BCUT2D eigenvalue weighted by Gasteiger charge is -2.08. The maximum absolute atomic E-state index is 11.6. The van der Waals surface area contributed by atoms with E-state index in [1.807, 2.05) is 29.8 Å². The molecule has 0 atom stereocenters. The van der Waals surface area contributed by atoms with Crippen molar-refractivity contribution >= 4 is 16.9 Å². The van der Waals surface area contributed by atoms with E-state index in [0.29, 0.717) is 6.61 Å². The predicted octanol–water partition coefficient (Wildman–Crippen LogP) is 2.70. The molecule has 2 rings (SSSR count). The number of esters is 1. The largest absolute Gasteiger partial charge is 0.465 e. The fourth-order valence-electron chi connectivity index (χ4n) is 2.32. The van der Waals surface area contributed by atoms with Gasteiger partial charge in [0.15, 0.2) is 0 Å². The number of hydrogen-bond acceptors (Lipinski definition) is 3. The van der Waals surface area contributed by atoms with Crippen molar-refractivity contribution < 1.29 is 9.53 Å². The van der Waals surface area contributed by atoms with Crippen molar-refractivity contribution in [2.24, 2.45) is 0 Å². The molecule has 0 aliphatic carbocycles. The number of hydrogen-bond donors (Lipinski definition) is 1. The van der Waals surface area contributed by atoms with Crippen molar-refractivity contribution in [1.29, 1.82) is 0 Å². The average molecular weight is 274 g/mol. The molecule has 4 nitrogen and oxygen atoms in total. The van der Waals surface area contributed by atoms with Gasteiger partial charge in [0.05, 0.1) is 6.61 Å². The van der Waals surface area contributed by atoms with Gasteiger partial charge in [-0.25, -0.2) is 0 Å². The fraction of sp³-hybridized carbons (Fsp3) is 0.438. The molecule has 1 heterocycles. The van der Waals surface area contributed by atoms with Gasteiger partial charge >= 0.3 is 5.97 Å². The molecule has 0 saturated heterocycles. The number of fused-ring (bicyclic) bond motifs is 1. The van der Waals surface area contributed by atoms with Crippen molar-refractivity contribution in [1.82, 2.24) is 9.88 Å². The van der Waals surface area contributed by atoms with Crippen LogP contribution in [0.3, 0.4) is 0 Å².